The molecule has 0 saturated carbocycles. The SMILES string of the molecule is [Fe+2].[O-]C(=CC=C1C=CC=C1)c1c(O)cccc1OB(F)F.c1cc[cH-]c1. The summed E-state index contributed by atoms with van der Waals surface area (Å²) in [5, 5.41) is 21.6. The number of allylic oxidation sites excluding steroid dienone is 7. The van der Waals surface area contributed by atoms with Crippen molar-refractivity contribution in [1.82, 2.24) is 0 Å². The fourth-order valence-corrected chi connectivity index (χ4v) is 2.04. The van der Waals surface area contributed by atoms with Gasteiger partial charge in [0, 0.05) is 5.56 Å². The first-order valence-electron chi connectivity index (χ1n) is 7.45. The molecule has 0 radical (unpaired) electrons. The standard InChI is InChI=1S/C14H11BF2O3.C5H5.Fe/c16-15(17)20-13-7-3-6-11(18)14(13)12(19)9-8-10-4-1-2-5-10;1-2-4-5-3-1;/h1-9,18-19H;1-5H;/q;-1;+2/p-1. The van der Waals surface area contributed by atoms with Crippen molar-refractivity contribution in [2.45, 2.75) is 0 Å². The van der Waals surface area contributed by atoms with Crippen LogP contribution in [0.15, 0.2) is 90.6 Å². The van der Waals surface area contributed by atoms with E-state index < -0.39 is 19.0 Å². The molecule has 0 atom stereocenters. The van der Waals surface area contributed by atoms with E-state index in [2.05, 4.69) is 4.65 Å². The Hall–Kier alpha value is -2.63. The zero-order chi connectivity index (χ0) is 18.1. The fraction of sp³-hybridized carbons (Fsp3) is 0. The molecule has 2 aromatic carbocycles. The number of halogens is 2. The van der Waals surface area contributed by atoms with Crippen molar-refractivity contribution in [3.63, 3.8) is 0 Å². The third-order valence-corrected chi connectivity index (χ3v) is 3.14. The topological polar surface area (TPSA) is 52.5 Å². The molecule has 134 valence electrons. The average molecular weight is 396 g/mol. The predicted octanol–water partition coefficient (Wildman–Crippen LogP) is 3.85. The van der Waals surface area contributed by atoms with Gasteiger partial charge in [-0.25, -0.2) is 20.8 Å². The zero-order valence-electron chi connectivity index (χ0n) is 13.5. The Balaban J connectivity index is 0.000000486. The molecule has 0 heterocycles. The largest absolute Gasteiger partial charge is 2.00 e. The molecular weight excluding hydrogens is 381 g/mol. The number of phenols is 1. The maximum atomic E-state index is 12.3. The molecule has 7 heteroatoms. The van der Waals surface area contributed by atoms with Crippen LogP contribution >= 0.6 is 0 Å². The van der Waals surface area contributed by atoms with Crippen LogP contribution in [-0.4, -0.2) is 12.6 Å². The van der Waals surface area contributed by atoms with Gasteiger partial charge in [-0.1, -0.05) is 48.3 Å². The summed E-state index contributed by atoms with van der Waals surface area (Å²) in [6, 6.07) is 13.8. The van der Waals surface area contributed by atoms with Gasteiger partial charge in [0.2, 0.25) is 0 Å². The summed E-state index contributed by atoms with van der Waals surface area (Å²) in [4.78, 5) is 0. The molecular formula is C19H15BF2FeO3. The monoisotopic (exact) mass is 396 g/mol. The minimum absolute atomic E-state index is 0. The fourth-order valence-electron chi connectivity index (χ4n) is 2.04. The zero-order valence-corrected chi connectivity index (χ0v) is 14.6. The van der Waals surface area contributed by atoms with Gasteiger partial charge in [-0.15, -0.1) is 0 Å². The van der Waals surface area contributed by atoms with Gasteiger partial charge in [-0.3, -0.25) is 0 Å². The van der Waals surface area contributed by atoms with Gasteiger partial charge in [0.25, 0.3) is 0 Å². The molecule has 0 spiro atoms. The number of rotatable bonds is 4. The molecule has 3 nitrogen and oxygen atoms in total. The number of benzene rings is 1. The molecule has 1 aliphatic carbocycles. The summed E-state index contributed by atoms with van der Waals surface area (Å²) in [5.74, 6) is -1.36. The number of phenolic OH excluding ortho intramolecular Hbond substituents is 1. The van der Waals surface area contributed by atoms with Crippen molar-refractivity contribution >= 4 is 13.2 Å². The Morgan fingerprint density at radius 2 is 1.77 bits per heavy atom. The average Bonchev–Trinajstić information content (AvgIpc) is 3.28. The van der Waals surface area contributed by atoms with Gasteiger partial charge < -0.3 is 14.9 Å². The molecule has 0 amide bonds. The van der Waals surface area contributed by atoms with Crippen LogP contribution in [0.25, 0.3) is 5.76 Å². The van der Waals surface area contributed by atoms with Crippen LogP contribution in [0.5, 0.6) is 11.5 Å². The smallest absolute Gasteiger partial charge is 0.872 e. The van der Waals surface area contributed by atoms with Gasteiger partial charge >= 0.3 is 24.5 Å². The van der Waals surface area contributed by atoms with Gasteiger partial charge in [0.15, 0.2) is 0 Å². The molecule has 1 N–H and O–H groups in total. The Morgan fingerprint density at radius 1 is 1.12 bits per heavy atom. The summed E-state index contributed by atoms with van der Waals surface area (Å²) in [6.07, 6.45) is 9.89. The van der Waals surface area contributed by atoms with Gasteiger partial charge in [-0.2, -0.15) is 18.2 Å². The quantitative estimate of drug-likeness (QED) is 0.486. The molecule has 1 aliphatic rings. The third kappa shape index (κ3) is 6.71. The van der Waals surface area contributed by atoms with Crippen LogP contribution in [-0.2, 0) is 17.1 Å². The molecule has 0 fully saturated rings. The van der Waals surface area contributed by atoms with E-state index >= 15 is 0 Å². The molecule has 0 bridgehead atoms. The minimum Gasteiger partial charge on any atom is -0.872 e. The predicted molar refractivity (Wildman–Crippen MR) is 93.1 cm³/mol. The Labute approximate surface area is 161 Å². The van der Waals surface area contributed by atoms with Crippen LogP contribution in [0.4, 0.5) is 8.63 Å². The molecule has 0 unspecified atom stereocenters. The molecule has 2 aromatic rings. The van der Waals surface area contributed by atoms with Crippen LogP contribution < -0.4 is 9.76 Å². The summed E-state index contributed by atoms with van der Waals surface area (Å²) < 4.78 is 28.8. The van der Waals surface area contributed by atoms with Crippen LogP contribution in [0.3, 0.4) is 0 Å². The van der Waals surface area contributed by atoms with Crippen molar-refractivity contribution in [3.05, 3.63) is 96.1 Å². The second kappa shape index (κ2) is 11.1. The summed E-state index contributed by atoms with van der Waals surface area (Å²) in [7, 11) is -3.07. The Bertz CT molecular complexity index is 766. The van der Waals surface area contributed by atoms with Crippen molar-refractivity contribution in [2.24, 2.45) is 0 Å². The number of hydrogen-bond acceptors (Lipinski definition) is 3. The van der Waals surface area contributed by atoms with Crippen molar-refractivity contribution in [3.8, 4) is 11.5 Å². The molecule has 0 aliphatic heterocycles. The van der Waals surface area contributed by atoms with E-state index in [9.17, 15) is 18.8 Å². The third-order valence-electron chi connectivity index (χ3n) is 3.14. The second-order valence-corrected chi connectivity index (χ2v) is 4.91. The summed E-state index contributed by atoms with van der Waals surface area (Å²) >= 11 is 0. The van der Waals surface area contributed by atoms with E-state index in [4.69, 9.17) is 0 Å². The Morgan fingerprint density at radius 3 is 2.31 bits per heavy atom. The Kier molecular flexibility index (Phi) is 9.13. The van der Waals surface area contributed by atoms with Crippen molar-refractivity contribution in [1.29, 1.82) is 0 Å². The minimum atomic E-state index is -3.07. The van der Waals surface area contributed by atoms with Crippen LogP contribution in [0.1, 0.15) is 5.56 Å². The van der Waals surface area contributed by atoms with Gasteiger partial charge in [0.05, 0.1) is 0 Å². The summed E-state index contributed by atoms with van der Waals surface area (Å²) in [5.41, 5.74) is 0.515. The molecule has 0 aromatic heterocycles. The van der Waals surface area contributed by atoms with Crippen molar-refractivity contribution < 1.29 is 40.6 Å². The van der Waals surface area contributed by atoms with E-state index in [-0.39, 0.29) is 28.4 Å². The molecule has 3 rings (SSSR count). The first-order chi connectivity index (χ1) is 12.1. The van der Waals surface area contributed by atoms with E-state index in [0.717, 1.165) is 5.57 Å². The van der Waals surface area contributed by atoms with Crippen LogP contribution in [0, 0.1) is 0 Å². The number of aromatic hydroxyl groups is 1. The molecule has 26 heavy (non-hydrogen) atoms. The van der Waals surface area contributed by atoms with Crippen molar-refractivity contribution in [2.75, 3.05) is 0 Å². The van der Waals surface area contributed by atoms with E-state index in [1.54, 1.807) is 24.3 Å². The molecule has 0 saturated heterocycles. The number of hydrogen-bond donors (Lipinski definition) is 1. The maximum Gasteiger partial charge on any atom is 2.00 e. The second-order valence-electron chi connectivity index (χ2n) is 4.91. The maximum absolute atomic E-state index is 12.3. The van der Waals surface area contributed by atoms with Gasteiger partial charge in [0.1, 0.15) is 11.5 Å². The van der Waals surface area contributed by atoms with Gasteiger partial charge in [-0.05, 0) is 17.7 Å². The van der Waals surface area contributed by atoms with E-state index in [1.165, 1.54) is 30.4 Å². The first kappa shape index (κ1) is 21.4. The summed E-state index contributed by atoms with van der Waals surface area (Å²) in [6.45, 7) is 0. The first-order valence-corrected chi connectivity index (χ1v) is 7.45. The van der Waals surface area contributed by atoms with E-state index in [0.29, 0.717) is 0 Å². The van der Waals surface area contributed by atoms with E-state index in [1.807, 2.05) is 30.3 Å². The van der Waals surface area contributed by atoms with Crippen LogP contribution in [0.2, 0.25) is 0 Å². The normalized spacial score (nSPS) is 12.1.